The first kappa shape index (κ1) is 15.6. The van der Waals surface area contributed by atoms with E-state index in [1.165, 1.54) is 42.6 Å². The van der Waals surface area contributed by atoms with Crippen LogP contribution in [-0.4, -0.2) is 47.6 Å². The summed E-state index contributed by atoms with van der Waals surface area (Å²) < 4.78 is 0. The average molecular weight is 355 g/mol. The van der Waals surface area contributed by atoms with Crippen molar-refractivity contribution in [2.45, 2.75) is 36.6 Å². The van der Waals surface area contributed by atoms with Crippen molar-refractivity contribution in [2.24, 2.45) is 0 Å². The van der Waals surface area contributed by atoms with Crippen LogP contribution in [-0.2, 0) is 5.41 Å². The maximum Gasteiger partial charge on any atom is 0.115 e. The zero-order valence-electron chi connectivity index (χ0n) is 14.5. The third-order valence-electron chi connectivity index (χ3n) is 6.38. The van der Waals surface area contributed by atoms with Gasteiger partial charge in [-0.15, -0.1) is 0 Å². The lowest BCUT2D eigenvalue weighted by atomic mass is 9.89. The number of likely N-dealkylation sites (tertiary alicyclic amines) is 1. The van der Waals surface area contributed by atoms with E-state index in [9.17, 15) is 0 Å². The van der Waals surface area contributed by atoms with Crippen LogP contribution in [0.15, 0.2) is 36.9 Å². The van der Waals surface area contributed by atoms with Crippen LogP contribution in [0.1, 0.15) is 36.3 Å². The molecule has 0 amide bonds. The van der Waals surface area contributed by atoms with Crippen LogP contribution in [0.4, 0.5) is 5.69 Å². The summed E-state index contributed by atoms with van der Waals surface area (Å²) >= 11 is 6.33. The smallest absolute Gasteiger partial charge is 0.115 e. The van der Waals surface area contributed by atoms with Crippen LogP contribution in [0, 0.1) is 0 Å². The molecule has 1 aliphatic carbocycles. The number of aromatic nitrogens is 2. The minimum absolute atomic E-state index is 0.233. The molecule has 5 heteroatoms. The molecule has 2 atom stereocenters. The predicted molar refractivity (Wildman–Crippen MR) is 100 cm³/mol. The summed E-state index contributed by atoms with van der Waals surface area (Å²) in [6.45, 7) is 3.36. The van der Waals surface area contributed by atoms with E-state index in [1.807, 2.05) is 18.5 Å². The van der Waals surface area contributed by atoms with Gasteiger partial charge in [0.15, 0.2) is 0 Å². The molecule has 3 aliphatic rings. The molecule has 3 heterocycles. The lowest BCUT2D eigenvalue weighted by Gasteiger charge is -2.39. The molecule has 1 saturated carbocycles. The summed E-state index contributed by atoms with van der Waals surface area (Å²) in [5.41, 5.74) is 4.35. The Morgan fingerprint density at radius 1 is 1.24 bits per heavy atom. The van der Waals surface area contributed by atoms with Crippen LogP contribution in [0.2, 0.25) is 5.02 Å². The van der Waals surface area contributed by atoms with Crippen LogP contribution in [0.25, 0.3) is 0 Å². The number of likely N-dealkylation sites (N-methyl/N-ethyl adjacent to an activating group) is 1. The molecule has 2 aromatic rings. The summed E-state index contributed by atoms with van der Waals surface area (Å²) in [5, 5.41) is 0.852. The lowest BCUT2D eigenvalue weighted by molar-refractivity contribution is 0.230. The Labute approximate surface area is 153 Å². The van der Waals surface area contributed by atoms with Crippen molar-refractivity contribution in [1.29, 1.82) is 0 Å². The molecule has 2 unspecified atom stereocenters. The first-order valence-corrected chi connectivity index (χ1v) is 9.54. The Kier molecular flexibility index (Phi) is 3.54. The van der Waals surface area contributed by atoms with Gasteiger partial charge in [-0.25, -0.2) is 9.97 Å². The zero-order valence-corrected chi connectivity index (χ0v) is 15.3. The van der Waals surface area contributed by atoms with Gasteiger partial charge in [0, 0.05) is 53.6 Å². The number of piperidine rings is 1. The second-order valence-corrected chi connectivity index (χ2v) is 8.40. The molecule has 2 aliphatic heterocycles. The normalized spacial score (nSPS) is 27.0. The monoisotopic (exact) mass is 354 g/mol. The van der Waals surface area contributed by atoms with Crippen molar-refractivity contribution in [3.05, 3.63) is 53.1 Å². The first-order valence-electron chi connectivity index (χ1n) is 9.16. The van der Waals surface area contributed by atoms with E-state index in [1.54, 1.807) is 6.33 Å². The summed E-state index contributed by atoms with van der Waals surface area (Å²) in [7, 11) is 2.23. The summed E-state index contributed by atoms with van der Waals surface area (Å²) in [4.78, 5) is 13.6. The van der Waals surface area contributed by atoms with Gasteiger partial charge >= 0.3 is 0 Å². The summed E-state index contributed by atoms with van der Waals surface area (Å²) in [6.07, 6.45) is 9.32. The van der Waals surface area contributed by atoms with Crippen molar-refractivity contribution in [3.8, 4) is 0 Å². The molecule has 25 heavy (non-hydrogen) atoms. The molecule has 1 saturated heterocycles. The highest BCUT2D eigenvalue weighted by atomic mass is 35.5. The third-order valence-corrected chi connectivity index (χ3v) is 6.61. The Morgan fingerprint density at radius 2 is 2.04 bits per heavy atom. The molecule has 0 spiro atoms. The quantitative estimate of drug-likeness (QED) is 0.844. The summed E-state index contributed by atoms with van der Waals surface area (Å²) in [6, 6.07) is 7.05. The van der Waals surface area contributed by atoms with Crippen molar-refractivity contribution in [3.63, 3.8) is 0 Å². The fraction of sp³-hybridized carbons (Fsp3) is 0.500. The molecule has 0 bridgehead atoms. The van der Waals surface area contributed by atoms with Crippen molar-refractivity contribution in [1.82, 2.24) is 14.9 Å². The van der Waals surface area contributed by atoms with Crippen LogP contribution < -0.4 is 4.90 Å². The van der Waals surface area contributed by atoms with Gasteiger partial charge in [0.2, 0.25) is 0 Å². The number of hydrogen-bond donors (Lipinski definition) is 0. The molecule has 1 aromatic carbocycles. The Hall–Kier alpha value is -1.65. The van der Waals surface area contributed by atoms with Gasteiger partial charge in [-0.1, -0.05) is 11.6 Å². The number of anilines is 1. The first-order chi connectivity index (χ1) is 12.2. The molecule has 0 N–H and O–H groups in total. The highest BCUT2D eigenvalue weighted by Crippen LogP contribution is 2.53. The van der Waals surface area contributed by atoms with Crippen molar-refractivity contribution < 1.29 is 0 Å². The van der Waals surface area contributed by atoms with Gasteiger partial charge in [-0.3, -0.25) is 0 Å². The number of rotatable bonds is 3. The van der Waals surface area contributed by atoms with E-state index in [0.29, 0.717) is 12.0 Å². The van der Waals surface area contributed by atoms with Crippen molar-refractivity contribution >= 4 is 17.3 Å². The maximum absolute atomic E-state index is 6.33. The number of halogens is 1. The Bertz CT molecular complexity index is 790. The highest BCUT2D eigenvalue weighted by Gasteiger charge is 2.50. The fourth-order valence-corrected chi connectivity index (χ4v) is 5.01. The molecule has 2 fully saturated rings. The second kappa shape index (κ2) is 5.68. The molecule has 1 aromatic heterocycles. The predicted octanol–water partition coefficient (Wildman–Crippen LogP) is 3.47. The number of hydrogen-bond acceptors (Lipinski definition) is 4. The number of fused-ring (bicyclic) bond motifs is 3. The third kappa shape index (κ3) is 2.54. The standard InChI is InChI=1S/C20H23ClN4/c1-24-7-4-19-17(11-24)16-8-15(21)2-3-18(16)25(19)12-20(5-6-20)14-9-22-13-23-10-14/h2-3,8-10,13,17,19H,4-7,11-12H2,1H3. The maximum atomic E-state index is 6.33. The average Bonchev–Trinajstić information content (AvgIpc) is 3.36. The molecule has 0 radical (unpaired) electrons. The SMILES string of the molecule is CN1CCC2C(C1)c1cc(Cl)ccc1N2CC1(c2cncnc2)CC1. The van der Waals surface area contributed by atoms with E-state index in [4.69, 9.17) is 11.6 Å². The van der Waals surface area contributed by atoms with Gasteiger partial charge in [-0.05, 0) is 62.2 Å². The van der Waals surface area contributed by atoms with Gasteiger partial charge in [0.1, 0.15) is 6.33 Å². The second-order valence-electron chi connectivity index (χ2n) is 7.96. The molecule has 130 valence electrons. The molecule has 4 nitrogen and oxygen atoms in total. The Balaban J connectivity index is 1.51. The van der Waals surface area contributed by atoms with Crippen LogP contribution >= 0.6 is 11.6 Å². The minimum atomic E-state index is 0.233. The topological polar surface area (TPSA) is 32.3 Å². The van der Waals surface area contributed by atoms with Gasteiger partial charge < -0.3 is 9.80 Å². The largest absolute Gasteiger partial charge is 0.367 e. The molecule has 5 rings (SSSR count). The number of nitrogens with zero attached hydrogens (tertiary/aromatic N) is 4. The van der Waals surface area contributed by atoms with Gasteiger partial charge in [0.05, 0.1) is 0 Å². The lowest BCUT2D eigenvalue weighted by Crippen LogP contribution is -2.47. The van der Waals surface area contributed by atoms with E-state index in [0.717, 1.165) is 18.1 Å². The highest BCUT2D eigenvalue weighted by molar-refractivity contribution is 6.30. The van der Waals surface area contributed by atoms with Crippen LogP contribution in [0.5, 0.6) is 0 Å². The number of benzene rings is 1. The van der Waals surface area contributed by atoms with Crippen molar-refractivity contribution in [2.75, 3.05) is 31.6 Å². The minimum Gasteiger partial charge on any atom is -0.367 e. The zero-order chi connectivity index (χ0) is 17.0. The summed E-state index contributed by atoms with van der Waals surface area (Å²) in [5.74, 6) is 0.565. The van der Waals surface area contributed by atoms with E-state index in [2.05, 4.69) is 38.9 Å². The van der Waals surface area contributed by atoms with Gasteiger partial charge in [-0.2, -0.15) is 0 Å². The fourth-order valence-electron chi connectivity index (χ4n) is 4.83. The van der Waals surface area contributed by atoms with E-state index >= 15 is 0 Å². The Morgan fingerprint density at radius 3 is 2.80 bits per heavy atom. The van der Waals surface area contributed by atoms with Gasteiger partial charge in [0.25, 0.3) is 0 Å². The molecular formula is C20H23ClN4. The van der Waals surface area contributed by atoms with E-state index in [-0.39, 0.29) is 5.41 Å². The van der Waals surface area contributed by atoms with E-state index < -0.39 is 0 Å². The molecular weight excluding hydrogens is 332 g/mol. The van der Waals surface area contributed by atoms with Crippen LogP contribution in [0.3, 0.4) is 0 Å².